The summed E-state index contributed by atoms with van der Waals surface area (Å²) < 4.78 is 25.8. The van der Waals surface area contributed by atoms with Crippen LogP contribution in [-0.4, -0.2) is 11.8 Å². The van der Waals surface area contributed by atoms with Crippen molar-refractivity contribution in [2.75, 3.05) is 5.75 Å². The maximum absolute atomic E-state index is 12.9. The summed E-state index contributed by atoms with van der Waals surface area (Å²) in [6, 6.07) is 4.06. The molecule has 1 aliphatic heterocycles. The zero-order valence-corrected chi connectivity index (χ0v) is 8.57. The van der Waals surface area contributed by atoms with Crippen molar-refractivity contribution < 1.29 is 8.78 Å². The number of halogens is 2. The number of rotatable bonds is 1. The molecule has 0 amide bonds. The second-order valence-corrected chi connectivity index (χ2v) is 4.62. The van der Waals surface area contributed by atoms with Gasteiger partial charge in [-0.05, 0) is 24.6 Å². The fourth-order valence-electron chi connectivity index (χ4n) is 1.51. The molecule has 1 N–H and O–H groups in total. The second kappa shape index (κ2) is 3.87. The normalized spacial score (nSPS) is 26.8. The van der Waals surface area contributed by atoms with E-state index in [1.807, 2.05) is 0 Å². The monoisotopic (exact) mass is 215 g/mol. The third-order valence-electron chi connectivity index (χ3n) is 2.14. The highest BCUT2D eigenvalue weighted by Gasteiger charge is 2.22. The molecule has 4 heteroatoms. The topological polar surface area (TPSA) is 12.0 Å². The summed E-state index contributed by atoms with van der Waals surface area (Å²) in [6.07, 6.45) is 0. The highest BCUT2D eigenvalue weighted by atomic mass is 32.2. The maximum Gasteiger partial charge on any atom is 0.126 e. The second-order valence-electron chi connectivity index (χ2n) is 3.48. The zero-order valence-electron chi connectivity index (χ0n) is 7.76. The van der Waals surface area contributed by atoms with Crippen molar-refractivity contribution in [3.8, 4) is 0 Å². The molecule has 1 saturated heterocycles. The first-order valence-corrected chi connectivity index (χ1v) is 5.53. The minimum Gasteiger partial charge on any atom is -0.298 e. The van der Waals surface area contributed by atoms with Crippen LogP contribution in [0.4, 0.5) is 8.78 Å². The van der Waals surface area contributed by atoms with Gasteiger partial charge in [0, 0.05) is 17.9 Å². The third kappa shape index (κ3) is 2.07. The van der Waals surface area contributed by atoms with E-state index in [2.05, 4.69) is 12.2 Å². The van der Waals surface area contributed by atoms with E-state index in [1.54, 1.807) is 11.8 Å². The van der Waals surface area contributed by atoms with Gasteiger partial charge in [-0.2, -0.15) is 0 Å². The van der Waals surface area contributed by atoms with Crippen molar-refractivity contribution in [1.29, 1.82) is 0 Å². The molecule has 1 aliphatic rings. The van der Waals surface area contributed by atoms with Crippen molar-refractivity contribution in [2.45, 2.75) is 18.3 Å². The fraction of sp³-hybridized carbons (Fsp3) is 0.400. The van der Waals surface area contributed by atoms with E-state index >= 15 is 0 Å². The SMILES string of the molecule is CC1CSC(c2cc(F)cc(F)c2)N1. The molecule has 0 aromatic heterocycles. The summed E-state index contributed by atoms with van der Waals surface area (Å²) in [5.41, 5.74) is 0.678. The Balaban J connectivity index is 2.23. The molecule has 0 spiro atoms. The number of nitrogens with one attached hydrogen (secondary N) is 1. The van der Waals surface area contributed by atoms with Crippen LogP contribution in [0.1, 0.15) is 17.9 Å². The van der Waals surface area contributed by atoms with Crippen LogP contribution in [0.25, 0.3) is 0 Å². The molecular formula is C10H11F2NS. The number of hydrogen-bond donors (Lipinski definition) is 1. The Hall–Kier alpha value is -0.610. The number of thioether (sulfide) groups is 1. The molecule has 1 aromatic rings. The smallest absolute Gasteiger partial charge is 0.126 e. The molecule has 0 aliphatic carbocycles. The van der Waals surface area contributed by atoms with Crippen LogP contribution in [0.5, 0.6) is 0 Å². The molecule has 2 rings (SSSR count). The lowest BCUT2D eigenvalue weighted by molar-refractivity contribution is 0.569. The predicted octanol–water partition coefficient (Wildman–Crippen LogP) is 2.69. The average Bonchev–Trinajstić information content (AvgIpc) is 2.50. The van der Waals surface area contributed by atoms with Crippen LogP contribution < -0.4 is 5.32 Å². The average molecular weight is 215 g/mol. The Kier molecular flexibility index (Phi) is 2.74. The first kappa shape index (κ1) is 9.93. The molecule has 1 fully saturated rings. The van der Waals surface area contributed by atoms with Gasteiger partial charge in [-0.3, -0.25) is 5.32 Å². The van der Waals surface area contributed by atoms with Gasteiger partial charge in [0.25, 0.3) is 0 Å². The van der Waals surface area contributed by atoms with Gasteiger partial charge in [-0.1, -0.05) is 0 Å². The molecule has 1 aromatic carbocycles. The molecule has 1 heterocycles. The van der Waals surface area contributed by atoms with Crippen molar-refractivity contribution >= 4 is 11.8 Å². The van der Waals surface area contributed by atoms with Gasteiger partial charge in [0.2, 0.25) is 0 Å². The van der Waals surface area contributed by atoms with E-state index in [0.717, 1.165) is 11.8 Å². The predicted molar refractivity (Wildman–Crippen MR) is 54.2 cm³/mol. The molecule has 1 nitrogen and oxygen atoms in total. The largest absolute Gasteiger partial charge is 0.298 e. The van der Waals surface area contributed by atoms with Crippen LogP contribution in [0.15, 0.2) is 18.2 Å². The Labute approximate surface area is 85.9 Å². The van der Waals surface area contributed by atoms with E-state index in [1.165, 1.54) is 12.1 Å². The minimum atomic E-state index is -0.512. The summed E-state index contributed by atoms with van der Waals surface area (Å²) >= 11 is 1.68. The van der Waals surface area contributed by atoms with Crippen LogP contribution in [0.3, 0.4) is 0 Å². The van der Waals surface area contributed by atoms with Gasteiger partial charge >= 0.3 is 0 Å². The Morgan fingerprint density at radius 2 is 1.93 bits per heavy atom. The Morgan fingerprint density at radius 3 is 2.43 bits per heavy atom. The third-order valence-corrected chi connectivity index (χ3v) is 3.57. The molecule has 0 saturated carbocycles. The highest BCUT2D eigenvalue weighted by Crippen LogP contribution is 2.33. The summed E-state index contributed by atoms with van der Waals surface area (Å²) in [7, 11) is 0. The van der Waals surface area contributed by atoms with Crippen LogP contribution in [-0.2, 0) is 0 Å². The molecule has 0 bridgehead atoms. The molecule has 14 heavy (non-hydrogen) atoms. The first-order chi connectivity index (χ1) is 6.65. The zero-order chi connectivity index (χ0) is 10.1. The molecule has 76 valence electrons. The quantitative estimate of drug-likeness (QED) is 0.773. The standard InChI is InChI=1S/C10H11F2NS/c1-6-5-14-10(13-6)7-2-8(11)4-9(12)3-7/h2-4,6,10,13H,5H2,1H3. The van der Waals surface area contributed by atoms with Crippen molar-refractivity contribution in [2.24, 2.45) is 0 Å². The van der Waals surface area contributed by atoms with Crippen molar-refractivity contribution in [3.05, 3.63) is 35.4 Å². The molecule has 0 radical (unpaired) electrons. The van der Waals surface area contributed by atoms with Gasteiger partial charge in [-0.25, -0.2) is 8.78 Å². The van der Waals surface area contributed by atoms with E-state index in [9.17, 15) is 8.78 Å². The number of benzene rings is 1. The van der Waals surface area contributed by atoms with Gasteiger partial charge in [0.05, 0.1) is 5.37 Å². The van der Waals surface area contributed by atoms with Crippen LogP contribution in [0, 0.1) is 11.6 Å². The van der Waals surface area contributed by atoms with Gasteiger partial charge < -0.3 is 0 Å². The van der Waals surface area contributed by atoms with Crippen LogP contribution in [0.2, 0.25) is 0 Å². The lowest BCUT2D eigenvalue weighted by Crippen LogP contribution is -2.22. The van der Waals surface area contributed by atoms with E-state index in [0.29, 0.717) is 11.6 Å². The van der Waals surface area contributed by atoms with Gasteiger partial charge in [0.15, 0.2) is 0 Å². The lowest BCUT2D eigenvalue weighted by Gasteiger charge is -2.11. The lowest BCUT2D eigenvalue weighted by atomic mass is 10.2. The minimum absolute atomic E-state index is 0.0233. The number of hydrogen-bond acceptors (Lipinski definition) is 2. The highest BCUT2D eigenvalue weighted by molar-refractivity contribution is 7.99. The maximum atomic E-state index is 12.9. The Bertz CT molecular complexity index is 323. The van der Waals surface area contributed by atoms with E-state index in [-0.39, 0.29) is 5.37 Å². The fourth-order valence-corrected chi connectivity index (χ4v) is 2.75. The Morgan fingerprint density at radius 1 is 1.29 bits per heavy atom. The van der Waals surface area contributed by atoms with Crippen LogP contribution >= 0.6 is 11.8 Å². The molecule has 2 unspecified atom stereocenters. The summed E-state index contributed by atoms with van der Waals surface area (Å²) in [6.45, 7) is 2.06. The summed E-state index contributed by atoms with van der Waals surface area (Å²) in [5, 5.41) is 3.28. The van der Waals surface area contributed by atoms with Gasteiger partial charge in [-0.15, -0.1) is 11.8 Å². The first-order valence-electron chi connectivity index (χ1n) is 4.49. The van der Waals surface area contributed by atoms with Crippen molar-refractivity contribution in [1.82, 2.24) is 5.32 Å². The summed E-state index contributed by atoms with van der Waals surface area (Å²) in [5.74, 6) is -0.0492. The molecule has 2 atom stereocenters. The van der Waals surface area contributed by atoms with Crippen molar-refractivity contribution in [3.63, 3.8) is 0 Å². The van der Waals surface area contributed by atoms with E-state index < -0.39 is 11.6 Å². The molecular weight excluding hydrogens is 204 g/mol. The van der Waals surface area contributed by atoms with E-state index in [4.69, 9.17) is 0 Å². The van der Waals surface area contributed by atoms with Gasteiger partial charge in [0.1, 0.15) is 11.6 Å². The summed E-state index contributed by atoms with van der Waals surface area (Å²) in [4.78, 5) is 0.